The zero-order valence-electron chi connectivity index (χ0n) is 10.5. The monoisotopic (exact) mass is 230 g/mol. The van der Waals surface area contributed by atoms with E-state index >= 15 is 0 Å². The van der Waals surface area contributed by atoms with Crippen molar-refractivity contribution in [3.8, 4) is 0 Å². The Morgan fingerprint density at radius 3 is 2.40 bits per heavy atom. The minimum atomic E-state index is 0.381. The van der Waals surface area contributed by atoms with Crippen LogP contribution in [-0.4, -0.2) is 42.1 Å². The number of nitrogens with zero attached hydrogens (tertiary/aromatic N) is 1. The highest BCUT2D eigenvalue weighted by molar-refractivity contribution is 8.00. The lowest BCUT2D eigenvalue weighted by atomic mass is 9.95. The number of thioether (sulfide) groups is 1. The van der Waals surface area contributed by atoms with Crippen molar-refractivity contribution in [3.05, 3.63) is 0 Å². The third-order valence-corrected chi connectivity index (χ3v) is 5.28. The molecule has 1 aliphatic rings. The molecule has 1 atom stereocenters. The molecule has 1 unspecified atom stereocenters. The summed E-state index contributed by atoms with van der Waals surface area (Å²) in [6.45, 7) is 9.21. The molecule has 0 spiro atoms. The summed E-state index contributed by atoms with van der Waals surface area (Å²) in [5, 5.41) is 0. The molecule has 2 N–H and O–H groups in total. The number of nitrogens with two attached hydrogens (primary N) is 1. The van der Waals surface area contributed by atoms with Crippen molar-refractivity contribution in [2.75, 3.05) is 32.4 Å². The fourth-order valence-electron chi connectivity index (χ4n) is 2.20. The van der Waals surface area contributed by atoms with E-state index in [2.05, 4.69) is 25.0 Å². The first kappa shape index (κ1) is 13.3. The van der Waals surface area contributed by atoms with Gasteiger partial charge in [-0.05, 0) is 38.1 Å². The predicted octanol–water partition coefficient (Wildman–Crippen LogP) is 2.19. The van der Waals surface area contributed by atoms with Gasteiger partial charge in [0, 0.05) is 17.8 Å². The predicted molar refractivity (Wildman–Crippen MR) is 70.4 cm³/mol. The van der Waals surface area contributed by atoms with Gasteiger partial charge in [0.15, 0.2) is 0 Å². The second-order valence-corrected chi connectivity index (χ2v) is 6.18. The summed E-state index contributed by atoms with van der Waals surface area (Å²) in [7, 11) is 0. The van der Waals surface area contributed by atoms with E-state index in [4.69, 9.17) is 5.73 Å². The molecule has 0 bridgehead atoms. The minimum absolute atomic E-state index is 0.381. The molecule has 0 radical (unpaired) electrons. The molecule has 1 aliphatic heterocycles. The molecule has 90 valence electrons. The maximum Gasteiger partial charge on any atom is 0.0303 e. The van der Waals surface area contributed by atoms with Gasteiger partial charge in [-0.2, -0.15) is 11.8 Å². The molecule has 0 aliphatic carbocycles. The number of hydrogen-bond donors (Lipinski definition) is 1. The van der Waals surface area contributed by atoms with Crippen LogP contribution in [0.25, 0.3) is 0 Å². The maximum absolute atomic E-state index is 5.88. The largest absolute Gasteiger partial charge is 0.329 e. The topological polar surface area (TPSA) is 29.3 Å². The van der Waals surface area contributed by atoms with Crippen molar-refractivity contribution in [2.45, 2.75) is 37.9 Å². The highest BCUT2D eigenvalue weighted by Gasteiger charge is 2.32. The number of rotatable bonds is 5. The molecule has 0 aromatic carbocycles. The second kappa shape index (κ2) is 6.12. The van der Waals surface area contributed by atoms with Crippen LogP contribution in [0.4, 0.5) is 0 Å². The molecule has 0 amide bonds. The molecule has 1 heterocycles. The Hall–Kier alpha value is 0.270. The van der Waals surface area contributed by atoms with Crippen LogP contribution in [0.5, 0.6) is 0 Å². The maximum atomic E-state index is 5.88. The molecule has 0 aromatic rings. The summed E-state index contributed by atoms with van der Waals surface area (Å²) in [6.07, 6.45) is 6.03. The Bertz CT molecular complexity index is 170. The van der Waals surface area contributed by atoms with Gasteiger partial charge >= 0.3 is 0 Å². The molecular weight excluding hydrogens is 204 g/mol. The van der Waals surface area contributed by atoms with Gasteiger partial charge in [-0.3, -0.25) is 0 Å². The van der Waals surface area contributed by atoms with Gasteiger partial charge in [-0.1, -0.05) is 20.3 Å². The lowest BCUT2D eigenvalue weighted by molar-refractivity contribution is 0.178. The van der Waals surface area contributed by atoms with Crippen LogP contribution >= 0.6 is 11.8 Å². The van der Waals surface area contributed by atoms with E-state index in [0.29, 0.717) is 4.75 Å². The van der Waals surface area contributed by atoms with Gasteiger partial charge in [-0.15, -0.1) is 0 Å². The first-order chi connectivity index (χ1) is 7.15. The van der Waals surface area contributed by atoms with Gasteiger partial charge in [0.05, 0.1) is 0 Å². The van der Waals surface area contributed by atoms with Gasteiger partial charge < -0.3 is 10.6 Å². The minimum Gasteiger partial charge on any atom is -0.329 e. The zero-order chi connectivity index (χ0) is 11.3. The van der Waals surface area contributed by atoms with Crippen molar-refractivity contribution in [1.29, 1.82) is 0 Å². The van der Waals surface area contributed by atoms with E-state index in [9.17, 15) is 0 Å². The third-order valence-electron chi connectivity index (χ3n) is 3.84. The third kappa shape index (κ3) is 3.65. The first-order valence-corrected chi connectivity index (χ1v) is 7.36. The fourth-order valence-corrected chi connectivity index (χ4v) is 2.96. The lowest BCUT2D eigenvalue weighted by Crippen LogP contribution is -2.47. The zero-order valence-corrected chi connectivity index (χ0v) is 11.3. The number of likely N-dealkylation sites (tertiary alicyclic amines) is 1. The quantitative estimate of drug-likeness (QED) is 0.785. The summed E-state index contributed by atoms with van der Waals surface area (Å²) < 4.78 is 0.381. The van der Waals surface area contributed by atoms with E-state index in [1.165, 1.54) is 38.9 Å². The van der Waals surface area contributed by atoms with E-state index < -0.39 is 0 Å². The van der Waals surface area contributed by atoms with Crippen LogP contribution in [0, 0.1) is 5.92 Å². The van der Waals surface area contributed by atoms with Crippen LogP contribution in [-0.2, 0) is 0 Å². The van der Waals surface area contributed by atoms with Crippen LogP contribution in [0.15, 0.2) is 0 Å². The molecule has 3 heteroatoms. The van der Waals surface area contributed by atoms with Crippen molar-refractivity contribution < 1.29 is 0 Å². The Labute approximate surface area is 99.0 Å². The van der Waals surface area contributed by atoms with Gasteiger partial charge in [0.1, 0.15) is 0 Å². The molecule has 1 rings (SSSR count). The van der Waals surface area contributed by atoms with E-state index in [1.807, 2.05) is 11.8 Å². The van der Waals surface area contributed by atoms with Crippen molar-refractivity contribution in [3.63, 3.8) is 0 Å². The summed E-state index contributed by atoms with van der Waals surface area (Å²) >= 11 is 1.97. The molecular formula is C12H26N2S. The van der Waals surface area contributed by atoms with E-state index in [0.717, 1.165) is 12.5 Å². The van der Waals surface area contributed by atoms with Crippen LogP contribution in [0.3, 0.4) is 0 Å². The Kier molecular flexibility index (Phi) is 5.44. The van der Waals surface area contributed by atoms with Gasteiger partial charge in [-0.25, -0.2) is 0 Å². The van der Waals surface area contributed by atoms with Crippen molar-refractivity contribution in [1.82, 2.24) is 4.90 Å². The molecule has 1 fully saturated rings. The van der Waals surface area contributed by atoms with Crippen LogP contribution in [0.2, 0.25) is 0 Å². The normalized spacial score (nSPS) is 24.0. The SMILES string of the molecule is CCC(C)CN1CCC(CN)(SC)CC1. The molecule has 2 nitrogen and oxygen atoms in total. The van der Waals surface area contributed by atoms with Crippen LogP contribution in [0.1, 0.15) is 33.1 Å². The lowest BCUT2D eigenvalue weighted by Gasteiger charge is -2.40. The standard InChI is InChI=1S/C12H26N2S/c1-4-11(2)9-14-7-5-12(10-13,15-3)6-8-14/h11H,4-10,13H2,1-3H3. The molecule has 0 aromatic heterocycles. The van der Waals surface area contributed by atoms with Crippen LogP contribution < -0.4 is 5.73 Å². The first-order valence-electron chi connectivity index (χ1n) is 6.13. The molecule has 0 saturated carbocycles. The summed E-state index contributed by atoms with van der Waals surface area (Å²) in [4.78, 5) is 2.61. The van der Waals surface area contributed by atoms with E-state index in [-0.39, 0.29) is 0 Å². The fraction of sp³-hybridized carbons (Fsp3) is 1.00. The average molecular weight is 230 g/mol. The summed E-state index contributed by atoms with van der Waals surface area (Å²) in [6, 6.07) is 0. The van der Waals surface area contributed by atoms with Gasteiger partial charge in [0.25, 0.3) is 0 Å². The Morgan fingerprint density at radius 1 is 1.40 bits per heavy atom. The Balaban J connectivity index is 2.35. The average Bonchev–Trinajstić information content (AvgIpc) is 2.30. The molecule has 1 saturated heterocycles. The van der Waals surface area contributed by atoms with E-state index in [1.54, 1.807) is 0 Å². The highest BCUT2D eigenvalue weighted by Crippen LogP contribution is 2.33. The Morgan fingerprint density at radius 2 is 2.00 bits per heavy atom. The smallest absolute Gasteiger partial charge is 0.0303 e. The second-order valence-electron chi connectivity index (χ2n) is 4.91. The number of piperidine rings is 1. The van der Waals surface area contributed by atoms with Gasteiger partial charge in [0.2, 0.25) is 0 Å². The summed E-state index contributed by atoms with van der Waals surface area (Å²) in [5.41, 5.74) is 5.88. The van der Waals surface area contributed by atoms with Crippen molar-refractivity contribution >= 4 is 11.8 Å². The van der Waals surface area contributed by atoms with Crippen molar-refractivity contribution in [2.24, 2.45) is 11.7 Å². The molecule has 15 heavy (non-hydrogen) atoms. The number of hydrogen-bond acceptors (Lipinski definition) is 3. The highest BCUT2D eigenvalue weighted by atomic mass is 32.2. The summed E-state index contributed by atoms with van der Waals surface area (Å²) in [5.74, 6) is 0.838.